The van der Waals surface area contributed by atoms with E-state index in [-0.39, 0.29) is 24.8 Å². The summed E-state index contributed by atoms with van der Waals surface area (Å²) in [6.07, 6.45) is 4.11. The largest absolute Gasteiger partial charge is 0.382 e. The van der Waals surface area contributed by atoms with Crippen LogP contribution in [0.25, 0.3) is 0 Å². The number of anilines is 1. The summed E-state index contributed by atoms with van der Waals surface area (Å²) in [4.78, 5) is 0. The molecule has 2 aliphatic rings. The monoisotopic (exact) mass is 322 g/mol. The number of hydrogen-bond acceptors (Lipinski definition) is 2. The zero-order valence-corrected chi connectivity index (χ0v) is 13.2. The molecule has 2 atom stereocenters. The van der Waals surface area contributed by atoms with Gasteiger partial charge in [-0.05, 0) is 62.0 Å². The van der Waals surface area contributed by atoms with E-state index >= 15 is 0 Å². The van der Waals surface area contributed by atoms with Crippen LogP contribution in [0.1, 0.15) is 19.3 Å². The topological polar surface area (TPSA) is 24.1 Å². The van der Waals surface area contributed by atoms with Crippen molar-refractivity contribution in [1.82, 2.24) is 5.32 Å². The molecule has 0 spiro atoms. The molecule has 108 valence electrons. The Kier molecular flexibility index (Phi) is 6.75. The normalized spacial score (nSPS) is 28.8. The van der Waals surface area contributed by atoms with Crippen LogP contribution in [-0.4, -0.2) is 19.1 Å². The Morgan fingerprint density at radius 3 is 2.16 bits per heavy atom. The Hall–Kier alpha value is -0.150. The molecule has 0 amide bonds. The van der Waals surface area contributed by atoms with E-state index in [1.807, 2.05) is 12.1 Å². The van der Waals surface area contributed by atoms with Crippen molar-refractivity contribution in [2.24, 2.45) is 11.8 Å². The minimum Gasteiger partial charge on any atom is -0.382 e. The Bertz CT molecular complexity index is 361. The van der Waals surface area contributed by atoms with Crippen LogP contribution in [0, 0.1) is 11.8 Å². The Balaban J connectivity index is 0.000000902. The van der Waals surface area contributed by atoms with Crippen LogP contribution in [0.4, 0.5) is 5.69 Å². The van der Waals surface area contributed by atoms with E-state index < -0.39 is 0 Å². The molecule has 2 nitrogen and oxygen atoms in total. The zero-order valence-electron chi connectivity index (χ0n) is 10.8. The first kappa shape index (κ1) is 16.9. The molecule has 19 heavy (non-hydrogen) atoms. The molecule has 1 aromatic carbocycles. The van der Waals surface area contributed by atoms with Crippen molar-refractivity contribution in [2.45, 2.75) is 25.3 Å². The van der Waals surface area contributed by atoms with E-state index in [0.717, 1.165) is 16.9 Å². The maximum Gasteiger partial charge on any atom is 0.0407 e. The van der Waals surface area contributed by atoms with Crippen LogP contribution < -0.4 is 10.6 Å². The Morgan fingerprint density at radius 1 is 1.00 bits per heavy atom. The second-order valence-corrected chi connectivity index (χ2v) is 5.72. The van der Waals surface area contributed by atoms with Gasteiger partial charge in [0.25, 0.3) is 0 Å². The Morgan fingerprint density at radius 2 is 1.58 bits per heavy atom. The summed E-state index contributed by atoms with van der Waals surface area (Å²) < 4.78 is 0. The smallest absolute Gasteiger partial charge is 0.0407 e. The van der Waals surface area contributed by atoms with Crippen LogP contribution in [0.5, 0.6) is 0 Å². The first-order chi connectivity index (χ1) is 8.33. The number of fused-ring (bicyclic) bond motifs is 2. The third kappa shape index (κ3) is 3.91. The second kappa shape index (κ2) is 7.58. The number of nitrogens with one attached hydrogen (secondary N) is 2. The predicted octanol–water partition coefficient (Wildman–Crippen LogP) is 3.98. The van der Waals surface area contributed by atoms with Crippen LogP contribution >= 0.6 is 36.4 Å². The molecule has 0 radical (unpaired) electrons. The van der Waals surface area contributed by atoms with Crippen molar-refractivity contribution in [3.05, 3.63) is 29.3 Å². The maximum atomic E-state index is 5.91. The van der Waals surface area contributed by atoms with Crippen molar-refractivity contribution >= 4 is 42.1 Å². The third-order valence-electron chi connectivity index (χ3n) is 4.16. The number of hydrogen-bond donors (Lipinski definition) is 2. The molecule has 1 saturated carbocycles. The molecule has 2 N–H and O–H groups in total. The molecule has 1 aliphatic heterocycles. The van der Waals surface area contributed by atoms with Gasteiger partial charge in [0.1, 0.15) is 0 Å². The molecule has 5 heteroatoms. The molecule has 1 aromatic rings. The zero-order chi connectivity index (χ0) is 11.7. The van der Waals surface area contributed by atoms with E-state index in [4.69, 9.17) is 11.6 Å². The van der Waals surface area contributed by atoms with E-state index in [9.17, 15) is 0 Å². The lowest BCUT2D eigenvalue weighted by atomic mass is 9.74. The van der Waals surface area contributed by atoms with Crippen molar-refractivity contribution in [3.63, 3.8) is 0 Å². The molecule has 1 saturated heterocycles. The van der Waals surface area contributed by atoms with E-state index in [2.05, 4.69) is 22.8 Å². The summed E-state index contributed by atoms with van der Waals surface area (Å²) in [7, 11) is 0. The Labute approximate surface area is 132 Å². The molecule has 3 rings (SSSR count). The van der Waals surface area contributed by atoms with Crippen molar-refractivity contribution in [2.75, 3.05) is 18.4 Å². The van der Waals surface area contributed by atoms with Gasteiger partial charge < -0.3 is 10.6 Å². The molecule has 2 fully saturated rings. The summed E-state index contributed by atoms with van der Waals surface area (Å²) in [5, 5.41) is 8.07. The van der Waals surface area contributed by atoms with Gasteiger partial charge in [-0.15, -0.1) is 24.8 Å². The summed E-state index contributed by atoms with van der Waals surface area (Å²) in [5.74, 6) is 1.58. The number of benzene rings is 1. The SMILES string of the molecule is Cl.Cl.Clc1ccc(NC2C3CCCC2CNC3)cc1. The van der Waals surface area contributed by atoms with Gasteiger partial charge in [0, 0.05) is 16.8 Å². The molecular weight excluding hydrogens is 303 g/mol. The fourth-order valence-corrected chi connectivity index (χ4v) is 3.40. The lowest BCUT2D eigenvalue weighted by molar-refractivity contribution is 0.183. The highest BCUT2D eigenvalue weighted by molar-refractivity contribution is 6.30. The van der Waals surface area contributed by atoms with Crippen molar-refractivity contribution < 1.29 is 0 Å². The minimum absolute atomic E-state index is 0. The average Bonchev–Trinajstić information content (AvgIpc) is 2.32. The fraction of sp³-hybridized carbons (Fsp3) is 0.571. The predicted molar refractivity (Wildman–Crippen MR) is 87.1 cm³/mol. The van der Waals surface area contributed by atoms with Crippen LogP contribution in [0.15, 0.2) is 24.3 Å². The van der Waals surface area contributed by atoms with E-state index in [1.165, 1.54) is 38.0 Å². The van der Waals surface area contributed by atoms with Gasteiger partial charge in [-0.25, -0.2) is 0 Å². The molecule has 2 bridgehead atoms. The fourth-order valence-electron chi connectivity index (χ4n) is 3.27. The van der Waals surface area contributed by atoms with Gasteiger partial charge in [0.05, 0.1) is 0 Å². The minimum atomic E-state index is 0. The highest BCUT2D eigenvalue weighted by Gasteiger charge is 2.35. The number of piperidine rings is 1. The summed E-state index contributed by atoms with van der Waals surface area (Å²) in [6.45, 7) is 2.34. The van der Waals surface area contributed by atoms with Crippen molar-refractivity contribution in [1.29, 1.82) is 0 Å². The molecule has 1 heterocycles. The van der Waals surface area contributed by atoms with Gasteiger partial charge in [0.2, 0.25) is 0 Å². The van der Waals surface area contributed by atoms with Gasteiger partial charge >= 0.3 is 0 Å². The highest BCUT2D eigenvalue weighted by Crippen LogP contribution is 2.33. The highest BCUT2D eigenvalue weighted by atomic mass is 35.5. The van der Waals surface area contributed by atoms with Gasteiger partial charge in [0.15, 0.2) is 0 Å². The third-order valence-corrected chi connectivity index (χ3v) is 4.41. The summed E-state index contributed by atoms with van der Waals surface area (Å²) in [6, 6.07) is 8.73. The molecule has 0 aromatic heterocycles. The van der Waals surface area contributed by atoms with Gasteiger partial charge in [-0.3, -0.25) is 0 Å². The average molecular weight is 324 g/mol. The summed E-state index contributed by atoms with van der Waals surface area (Å²) in [5.41, 5.74) is 1.21. The van der Waals surface area contributed by atoms with Crippen molar-refractivity contribution in [3.8, 4) is 0 Å². The molecular formula is C14H21Cl3N2. The lowest BCUT2D eigenvalue weighted by Crippen LogP contribution is -2.52. The molecule has 1 aliphatic carbocycles. The maximum absolute atomic E-state index is 5.91. The van der Waals surface area contributed by atoms with Gasteiger partial charge in [-0.2, -0.15) is 0 Å². The standard InChI is InChI=1S/C14H19ClN2.2ClH/c15-12-4-6-13(7-5-12)17-14-10-2-1-3-11(14)9-16-8-10;;/h4-7,10-11,14,16-17H,1-3,8-9H2;2*1H. The molecule has 2 unspecified atom stereocenters. The first-order valence-electron chi connectivity index (χ1n) is 6.56. The quantitative estimate of drug-likeness (QED) is 0.860. The van der Waals surface area contributed by atoms with E-state index in [0.29, 0.717) is 6.04 Å². The van der Waals surface area contributed by atoms with E-state index in [1.54, 1.807) is 0 Å². The first-order valence-corrected chi connectivity index (χ1v) is 6.93. The summed E-state index contributed by atoms with van der Waals surface area (Å²) >= 11 is 5.91. The van der Waals surface area contributed by atoms with Crippen LogP contribution in [0.3, 0.4) is 0 Å². The second-order valence-electron chi connectivity index (χ2n) is 5.29. The van der Waals surface area contributed by atoms with Crippen LogP contribution in [-0.2, 0) is 0 Å². The number of halogens is 3. The lowest BCUT2D eigenvalue weighted by Gasteiger charge is -2.43. The number of rotatable bonds is 2. The van der Waals surface area contributed by atoms with Gasteiger partial charge in [-0.1, -0.05) is 18.0 Å². The van der Waals surface area contributed by atoms with Crippen LogP contribution in [0.2, 0.25) is 5.02 Å².